The van der Waals surface area contributed by atoms with Crippen molar-refractivity contribution in [1.82, 2.24) is 10.2 Å². The smallest absolute Gasteiger partial charge is 0.311 e. The first-order valence-electron chi connectivity index (χ1n) is 5.36. The number of nitrogens with zero attached hydrogens (tertiary/aromatic N) is 3. The number of anilines is 1. The van der Waals surface area contributed by atoms with Crippen LogP contribution in [0.4, 0.5) is 5.13 Å². The predicted molar refractivity (Wildman–Crippen MR) is 61.8 cm³/mol. The molecular formula is C10H15N3O2S. The minimum atomic E-state index is -0.696. The average molecular weight is 241 g/mol. The molecule has 0 amide bonds. The lowest BCUT2D eigenvalue weighted by Crippen LogP contribution is -2.34. The van der Waals surface area contributed by atoms with Gasteiger partial charge in [0.25, 0.3) is 0 Å². The lowest BCUT2D eigenvalue weighted by Gasteiger charge is -2.22. The molecule has 2 heterocycles. The third kappa shape index (κ3) is 1.77. The van der Waals surface area contributed by atoms with Crippen LogP contribution >= 0.6 is 11.3 Å². The maximum absolute atomic E-state index is 11.3. The van der Waals surface area contributed by atoms with E-state index in [1.165, 1.54) is 11.3 Å². The Morgan fingerprint density at radius 3 is 2.81 bits per heavy atom. The highest BCUT2D eigenvalue weighted by Gasteiger charge is 2.44. The molecular weight excluding hydrogens is 226 g/mol. The van der Waals surface area contributed by atoms with E-state index >= 15 is 0 Å². The zero-order chi connectivity index (χ0) is 11.8. The molecule has 2 rings (SSSR count). The van der Waals surface area contributed by atoms with Crippen LogP contribution in [0.1, 0.15) is 24.8 Å². The second kappa shape index (κ2) is 4.01. The molecule has 1 unspecified atom stereocenters. The van der Waals surface area contributed by atoms with Crippen LogP contribution in [-0.2, 0) is 4.79 Å². The quantitative estimate of drug-likeness (QED) is 0.869. The molecule has 1 aliphatic heterocycles. The molecule has 0 aliphatic carbocycles. The maximum Gasteiger partial charge on any atom is 0.311 e. The topological polar surface area (TPSA) is 66.3 Å². The molecule has 1 atom stereocenters. The highest BCUT2D eigenvalue weighted by molar-refractivity contribution is 7.15. The van der Waals surface area contributed by atoms with Gasteiger partial charge in [-0.1, -0.05) is 18.3 Å². The van der Waals surface area contributed by atoms with Crippen LogP contribution in [0.2, 0.25) is 0 Å². The van der Waals surface area contributed by atoms with Gasteiger partial charge in [-0.05, 0) is 19.8 Å². The number of carboxylic acids is 1. The summed E-state index contributed by atoms with van der Waals surface area (Å²) in [6.45, 7) is 5.15. The molecule has 1 aromatic rings. The van der Waals surface area contributed by atoms with Crippen LogP contribution in [0.25, 0.3) is 0 Å². The van der Waals surface area contributed by atoms with Crippen LogP contribution in [0.3, 0.4) is 0 Å². The van der Waals surface area contributed by atoms with Gasteiger partial charge in [0.1, 0.15) is 5.01 Å². The number of aryl methyl sites for hydroxylation is 1. The van der Waals surface area contributed by atoms with Crippen LogP contribution in [0.5, 0.6) is 0 Å². The molecule has 0 bridgehead atoms. The molecule has 1 aromatic heterocycles. The molecule has 0 saturated carbocycles. The van der Waals surface area contributed by atoms with E-state index < -0.39 is 11.4 Å². The molecule has 88 valence electrons. The van der Waals surface area contributed by atoms with Crippen LogP contribution < -0.4 is 4.90 Å². The van der Waals surface area contributed by atoms with Gasteiger partial charge in [-0.2, -0.15) is 0 Å². The highest BCUT2D eigenvalue weighted by Crippen LogP contribution is 2.37. The Labute approximate surface area is 98.1 Å². The third-order valence-corrected chi connectivity index (χ3v) is 4.17. The SMILES string of the molecule is CCC1(C(=O)O)CCN(c2nnc(C)s2)C1. The number of hydrogen-bond acceptors (Lipinski definition) is 5. The molecule has 0 spiro atoms. The van der Waals surface area contributed by atoms with Gasteiger partial charge in [0.2, 0.25) is 5.13 Å². The van der Waals surface area contributed by atoms with E-state index in [9.17, 15) is 9.90 Å². The van der Waals surface area contributed by atoms with Gasteiger partial charge in [0, 0.05) is 13.1 Å². The fourth-order valence-corrected chi connectivity index (χ4v) is 2.78. The summed E-state index contributed by atoms with van der Waals surface area (Å²) in [4.78, 5) is 13.3. The molecule has 5 nitrogen and oxygen atoms in total. The minimum absolute atomic E-state index is 0.549. The lowest BCUT2D eigenvalue weighted by molar-refractivity contribution is -0.147. The van der Waals surface area contributed by atoms with Gasteiger partial charge in [-0.15, -0.1) is 10.2 Å². The molecule has 0 radical (unpaired) electrons. The summed E-state index contributed by atoms with van der Waals surface area (Å²) in [6, 6.07) is 0. The normalized spacial score (nSPS) is 25.0. The van der Waals surface area contributed by atoms with Gasteiger partial charge in [0.05, 0.1) is 5.41 Å². The zero-order valence-electron chi connectivity index (χ0n) is 9.43. The Morgan fingerprint density at radius 2 is 2.38 bits per heavy atom. The van der Waals surface area contributed by atoms with E-state index in [0.29, 0.717) is 19.4 Å². The van der Waals surface area contributed by atoms with Crippen molar-refractivity contribution in [3.05, 3.63) is 5.01 Å². The van der Waals surface area contributed by atoms with Crippen molar-refractivity contribution in [2.45, 2.75) is 26.7 Å². The second-order valence-corrected chi connectivity index (χ2v) is 5.37. The van der Waals surface area contributed by atoms with E-state index in [1.54, 1.807) is 0 Å². The molecule has 1 N–H and O–H groups in total. The Morgan fingerprint density at radius 1 is 1.62 bits per heavy atom. The lowest BCUT2D eigenvalue weighted by atomic mass is 9.84. The van der Waals surface area contributed by atoms with Gasteiger partial charge < -0.3 is 10.0 Å². The van der Waals surface area contributed by atoms with Crippen LogP contribution in [-0.4, -0.2) is 34.4 Å². The Balaban J connectivity index is 2.16. The van der Waals surface area contributed by atoms with Crippen molar-refractivity contribution < 1.29 is 9.90 Å². The van der Waals surface area contributed by atoms with Crippen molar-refractivity contribution in [2.24, 2.45) is 5.41 Å². The van der Waals surface area contributed by atoms with Gasteiger partial charge in [0.15, 0.2) is 0 Å². The Bertz CT molecular complexity index is 407. The number of aliphatic carboxylic acids is 1. The monoisotopic (exact) mass is 241 g/mol. The second-order valence-electron chi connectivity index (χ2n) is 4.21. The summed E-state index contributed by atoms with van der Waals surface area (Å²) in [6.07, 6.45) is 1.36. The number of aromatic nitrogens is 2. The highest BCUT2D eigenvalue weighted by atomic mass is 32.1. The number of carbonyl (C=O) groups is 1. The van der Waals surface area contributed by atoms with E-state index in [0.717, 1.165) is 16.7 Å². The van der Waals surface area contributed by atoms with Gasteiger partial charge in [-0.3, -0.25) is 4.79 Å². The summed E-state index contributed by atoms with van der Waals surface area (Å²) in [5, 5.41) is 19.0. The Kier molecular flexibility index (Phi) is 2.84. The average Bonchev–Trinajstić information content (AvgIpc) is 2.84. The van der Waals surface area contributed by atoms with Gasteiger partial charge >= 0.3 is 5.97 Å². The molecule has 0 aromatic carbocycles. The van der Waals surface area contributed by atoms with Crippen molar-refractivity contribution >= 4 is 22.4 Å². The molecule has 1 aliphatic rings. The number of carboxylic acid groups (broad SMARTS) is 1. The van der Waals surface area contributed by atoms with Crippen molar-refractivity contribution in [3.63, 3.8) is 0 Å². The first kappa shape index (κ1) is 11.3. The van der Waals surface area contributed by atoms with Gasteiger partial charge in [-0.25, -0.2) is 0 Å². The third-order valence-electron chi connectivity index (χ3n) is 3.27. The molecule has 6 heteroatoms. The summed E-state index contributed by atoms with van der Waals surface area (Å²) < 4.78 is 0. The maximum atomic E-state index is 11.3. The first-order chi connectivity index (χ1) is 7.57. The zero-order valence-corrected chi connectivity index (χ0v) is 10.3. The van der Waals surface area contributed by atoms with E-state index in [4.69, 9.17) is 0 Å². The van der Waals surface area contributed by atoms with E-state index in [2.05, 4.69) is 10.2 Å². The summed E-state index contributed by atoms with van der Waals surface area (Å²) in [7, 11) is 0. The fraction of sp³-hybridized carbons (Fsp3) is 0.700. The van der Waals surface area contributed by atoms with Crippen LogP contribution in [0.15, 0.2) is 0 Å². The Hall–Kier alpha value is -1.17. The van der Waals surface area contributed by atoms with Crippen LogP contribution in [0, 0.1) is 12.3 Å². The van der Waals surface area contributed by atoms with Crippen molar-refractivity contribution in [2.75, 3.05) is 18.0 Å². The summed E-state index contributed by atoms with van der Waals surface area (Å²) >= 11 is 1.52. The van der Waals surface area contributed by atoms with Crippen molar-refractivity contribution in [1.29, 1.82) is 0 Å². The predicted octanol–water partition coefficient (Wildman–Crippen LogP) is 1.54. The molecule has 1 saturated heterocycles. The first-order valence-corrected chi connectivity index (χ1v) is 6.17. The molecule has 16 heavy (non-hydrogen) atoms. The standard InChI is InChI=1S/C10H15N3O2S/c1-3-10(8(14)15)4-5-13(6-10)9-12-11-7(2)16-9/h3-6H2,1-2H3,(H,14,15). The number of hydrogen-bond donors (Lipinski definition) is 1. The number of rotatable bonds is 3. The summed E-state index contributed by atoms with van der Waals surface area (Å²) in [5.74, 6) is -0.696. The fourth-order valence-electron chi connectivity index (χ4n) is 2.06. The largest absolute Gasteiger partial charge is 0.481 e. The van der Waals surface area contributed by atoms with Crippen molar-refractivity contribution in [3.8, 4) is 0 Å². The van der Waals surface area contributed by atoms with E-state index in [1.807, 2.05) is 18.7 Å². The molecule has 1 fully saturated rings. The van der Waals surface area contributed by atoms with E-state index in [-0.39, 0.29) is 0 Å². The summed E-state index contributed by atoms with van der Waals surface area (Å²) in [5.41, 5.74) is -0.598. The minimum Gasteiger partial charge on any atom is -0.481 e.